The topological polar surface area (TPSA) is 69.9 Å². The van der Waals surface area contributed by atoms with E-state index in [1.807, 2.05) is 4.90 Å². The summed E-state index contributed by atoms with van der Waals surface area (Å²) in [5.74, 6) is 0.195. The second-order valence-corrected chi connectivity index (χ2v) is 5.00. The molecule has 6 nitrogen and oxygen atoms in total. The number of hydrogen-bond donors (Lipinski definition) is 1. The first-order valence-electron chi connectivity index (χ1n) is 6.01. The van der Waals surface area contributed by atoms with Crippen LogP contribution in [0.3, 0.4) is 0 Å². The second-order valence-electron chi connectivity index (χ2n) is 5.00. The number of piperazine rings is 1. The van der Waals surface area contributed by atoms with E-state index in [1.165, 1.54) is 0 Å². The van der Waals surface area contributed by atoms with E-state index in [2.05, 4.69) is 0 Å². The molecule has 0 aromatic heterocycles. The number of urea groups is 1. The molecule has 1 saturated carbocycles. The molecule has 96 valence electrons. The first-order chi connectivity index (χ1) is 8.00. The van der Waals surface area contributed by atoms with Crippen molar-refractivity contribution in [3.05, 3.63) is 0 Å². The van der Waals surface area contributed by atoms with E-state index >= 15 is 0 Å². The number of hydrogen-bond acceptors (Lipinski definition) is 3. The van der Waals surface area contributed by atoms with Crippen molar-refractivity contribution in [1.29, 1.82) is 0 Å². The van der Waals surface area contributed by atoms with Gasteiger partial charge in [0.15, 0.2) is 0 Å². The second kappa shape index (κ2) is 4.52. The summed E-state index contributed by atoms with van der Waals surface area (Å²) < 4.78 is 0. The Kier molecular flexibility index (Phi) is 3.24. The zero-order chi connectivity index (χ0) is 12.6. The van der Waals surface area contributed by atoms with Crippen molar-refractivity contribution < 1.29 is 9.59 Å². The molecule has 1 aliphatic carbocycles. The van der Waals surface area contributed by atoms with Crippen molar-refractivity contribution in [2.75, 3.05) is 40.3 Å². The fourth-order valence-corrected chi connectivity index (χ4v) is 2.13. The molecule has 2 unspecified atom stereocenters. The van der Waals surface area contributed by atoms with Gasteiger partial charge >= 0.3 is 6.03 Å². The van der Waals surface area contributed by atoms with Crippen molar-refractivity contribution in [3.8, 4) is 0 Å². The third kappa shape index (κ3) is 2.52. The molecule has 0 aromatic carbocycles. The molecule has 6 heteroatoms. The summed E-state index contributed by atoms with van der Waals surface area (Å²) in [5, 5.41) is 0. The lowest BCUT2D eigenvalue weighted by Gasteiger charge is -2.36. The highest BCUT2D eigenvalue weighted by Crippen LogP contribution is 2.30. The maximum Gasteiger partial charge on any atom is 0.319 e. The van der Waals surface area contributed by atoms with E-state index in [4.69, 9.17) is 5.73 Å². The van der Waals surface area contributed by atoms with Crippen LogP contribution < -0.4 is 5.73 Å². The van der Waals surface area contributed by atoms with Gasteiger partial charge in [0.2, 0.25) is 5.91 Å². The minimum Gasteiger partial charge on any atom is -0.339 e. The third-order valence-electron chi connectivity index (χ3n) is 3.40. The molecule has 0 bridgehead atoms. The van der Waals surface area contributed by atoms with Crippen LogP contribution in [0.5, 0.6) is 0 Å². The van der Waals surface area contributed by atoms with Gasteiger partial charge in [-0.15, -0.1) is 0 Å². The normalized spacial score (nSPS) is 27.9. The molecule has 0 spiro atoms. The van der Waals surface area contributed by atoms with Gasteiger partial charge in [0.25, 0.3) is 0 Å². The molecule has 0 radical (unpaired) electrons. The highest BCUT2D eigenvalue weighted by molar-refractivity contribution is 5.83. The number of nitrogens with two attached hydrogens (primary N) is 1. The quantitative estimate of drug-likeness (QED) is 0.649. The molecule has 1 heterocycles. The monoisotopic (exact) mass is 240 g/mol. The van der Waals surface area contributed by atoms with Crippen molar-refractivity contribution in [2.45, 2.75) is 12.5 Å². The van der Waals surface area contributed by atoms with Gasteiger partial charge in [0.05, 0.1) is 5.92 Å². The van der Waals surface area contributed by atoms with Gasteiger partial charge in [-0.25, -0.2) is 4.79 Å². The highest BCUT2D eigenvalue weighted by Gasteiger charge is 2.42. The fraction of sp³-hybridized carbons (Fsp3) is 0.818. The van der Waals surface area contributed by atoms with Crippen LogP contribution in [0.4, 0.5) is 4.79 Å². The van der Waals surface area contributed by atoms with E-state index in [1.54, 1.807) is 23.9 Å². The SMILES string of the molecule is CN(C)C(=O)N1CCN(C(=O)C2CC2N)CC1. The van der Waals surface area contributed by atoms with Gasteiger partial charge in [0, 0.05) is 46.3 Å². The van der Waals surface area contributed by atoms with Gasteiger partial charge in [-0.1, -0.05) is 0 Å². The van der Waals surface area contributed by atoms with Crippen LogP contribution in [0.25, 0.3) is 0 Å². The molecule has 1 saturated heterocycles. The van der Waals surface area contributed by atoms with Crippen LogP contribution in [-0.2, 0) is 4.79 Å². The Bertz CT molecular complexity index is 323. The zero-order valence-electron chi connectivity index (χ0n) is 10.4. The molecule has 2 fully saturated rings. The van der Waals surface area contributed by atoms with Crippen LogP contribution in [0.1, 0.15) is 6.42 Å². The Balaban J connectivity index is 1.82. The summed E-state index contributed by atoms with van der Waals surface area (Å²) in [6.45, 7) is 2.48. The molecule has 1 aliphatic heterocycles. The summed E-state index contributed by atoms with van der Waals surface area (Å²) in [7, 11) is 3.48. The van der Waals surface area contributed by atoms with Crippen LogP contribution in [0.15, 0.2) is 0 Å². The fourth-order valence-electron chi connectivity index (χ4n) is 2.13. The van der Waals surface area contributed by atoms with Gasteiger partial charge in [-0.3, -0.25) is 4.79 Å². The van der Waals surface area contributed by atoms with Crippen molar-refractivity contribution in [1.82, 2.24) is 14.7 Å². The number of carbonyl (C=O) groups excluding carboxylic acids is 2. The summed E-state index contributed by atoms with van der Waals surface area (Å²) >= 11 is 0. The Morgan fingerprint density at radius 1 is 1.12 bits per heavy atom. The first-order valence-corrected chi connectivity index (χ1v) is 6.01. The van der Waals surface area contributed by atoms with E-state index in [9.17, 15) is 9.59 Å². The lowest BCUT2D eigenvalue weighted by molar-refractivity contribution is -0.134. The standard InChI is InChI=1S/C11H20N4O2/c1-13(2)11(17)15-5-3-14(4-6-15)10(16)8-7-9(8)12/h8-9H,3-7,12H2,1-2H3. The van der Waals surface area contributed by atoms with Crippen LogP contribution in [-0.4, -0.2) is 73.0 Å². The third-order valence-corrected chi connectivity index (χ3v) is 3.40. The molecule has 2 rings (SSSR count). The van der Waals surface area contributed by atoms with Gasteiger partial charge < -0.3 is 20.4 Å². The molecule has 3 amide bonds. The minimum atomic E-state index is 0.0141. The molecule has 2 atom stereocenters. The number of nitrogens with zero attached hydrogens (tertiary/aromatic N) is 3. The molecule has 0 aromatic rings. The number of rotatable bonds is 1. The Morgan fingerprint density at radius 2 is 1.59 bits per heavy atom. The predicted molar refractivity (Wildman–Crippen MR) is 63.3 cm³/mol. The maximum absolute atomic E-state index is 11.9. The predicted octanol–water partition coefficient (Wildman–Crippen LogP) is -0.841. The van der Waals surface area contributed by atoms with Gasteiger partial charge in [0.1, 0.15) is 0 Å². The summed E-state index contributed by atoms with van der Waals surface area (Å²) in [4.78, 5) is 28.8. The molecular weight excluding hydrogens is 220 g/mol. The minimum absolute atomic E-state index is 0.0141. The Morgan fingerprint density at radius 3 is 2.00 bits per heavy atom. The molecule has 2 N–H and O–H groups in total. The van der Waals surface area contributed by atoms with Crippen molar-refractivity contribution >= 4 is 11.9 Å². The van der Waals surface area contributed by atoms with Gasteiger partial charge in [-0.2, -0.15) is 0 Å². The summed E-state index contributed by atoms with van der Waals surface area (Å²) in [6.07, 6.45) is 0.815. The highest BCUT2D eigenvalue weighted by atomic mass is 16.2. The molecule has 17 heavy (non-hydrogen) atoms. The summed E-state index contributed by atoms with van der Waals surface area (Å²) in [5.41, 5.74) is 5.67. The lowest BCUT2D eigenvalue weighted by Crippen LogP contribution is -2.53. The number of carbonyl (C=O) groups is 2. The van der Waals surface area contributed by atoms with E-state index in [0.717, 1.165) is 6.42 Å². The molecule has 2 aliphatic rings. The van der Waals surface area contributed by atoms with E-state index in [-0.39, 0.29) is 23.9 Å². The average Bonchev–Trinajstić information content (AvgIpc) is 3.04. The zero-order valence-corrected chi connectivity index (χ0v) is 10.4. The van der Waals surface area contributed by atoms with Crippen LogP contribution in [0, 0.1) is 5.92 Å². The maximum atomic E-state index is 11.9. The first kappa shape index (κ1) is 12.2. The van der Waals surface area contributed by atoms with E-state index in [0.29, 0.717) is 26.2 Å². The average molecular weight is 240 g/mol. The summed E-state index contributed by atoms with van der Waals surface area (Å²) in [6, 6.07) is 0.0733. The Labute approximate surface area is 101 Å². The van der Waals surface area contributed by atoms with Crippen molar-refractivity contribution in [2.24, 2.45) is 11.7 Å². The number of amides is 3. The smallest absolute Gasteiger partial charge is 0.319 e. The van der Waals surface area contributed by atoms with E-state index < -0.39 is 0 Å². The Hall–Kier alpha value is -1.30. The lowest BCUT2D eigenvalue weighted by atomic mass is 10.2. The van der Waals surface area contributed by atoms with Crippen molar-refractivity contribution in [3.63, 3.8) is 0 Å². The van der Waals surface area contributed by atoms with Gasteiger partial charge in [-0.05, 0) is 6.42 Å². The van der Waals surface area contributed by atoms with Crippen LogP contribution in [0.2, 0.25) is 0 Å². The van der Waals surface area contributed by atoms with Crippen LogP contribution >= 0.6 is 0 Å². The molecular formula is C11H20N4O2. The largest absolute Gasteiger partial charge is 0.339 e.